The first kappa shape index (κ1) is 12.4. The molecule has 0 aliphatic heterocycles. The lowest BCUT2D eigenvalue weighted by Crippen LogP contribution is -2.15. The summed E-state index contributed by atoms with van der Waals surface area (Å²) in [6.45, 7) is 5.21. The standard InChI is InChI=1S/C16H21N3/c1-11-4-5-13(9-17-14-6-7-14)8-15(11)16-10-19(3)18-12(16)2/h4-5,8,10,14,17H,6-7,9H2,1-3H3. The Labute approximate surface area is 114 Å². The molecule has 0 saturated heterocycles. The van der Waals surface area contributed by atoms with Crippen molar-refractivity contribution >= 4 is 0 Å². The summed E-state index contributed by atoms with van der Waals surface area (Å²) in [7, 11) is 1.98. The van der Waals surface area contributed by atoms with Gasteiger partial charge in [0.15, 0.2) is 0 Å². The molecule has 0 amide bonds. The Bertz CT molecular complexity index is 594. The Balaban J connectivity index is 1.90. The number of nitrogens with zero attached hydrogens (tertiary/aromatic N) is 2. The second kappa shape index (κ2) is 4.82. The van der Waals surface area contributed by atoms with Gasteiger partial charge in [0.1, 0.15) is 0 Å². The van der Waals surface area contributed by atoms with Crippen LogP contribution in [0.4, 0.5) is 0 Å². The molecule has 1 aliphatic rings. The number of hydrogen-bond donors (Lipinski definition) is 1. The van der Waals surface area contributed by atoms with Crippen LogP contribution in [-0.4, -0.2) is 15.8 Å². The van der Waals surface area contributed by atoms with Gasteiger partial charge in [0.05, 0.1) is 5.69 Å². The van der Waals surface area contributed by atoms with Crippen molar-refractivity contribution in [1.29, 1.82) is 0 Å². The van der Waals surface area contributed by atoms with Crippen LogP contribution < -0.4 is 5.32 Å². The molecule has 1 N–H and O–H groups in total. The molecule has 3 heteroatoms. The van der Waals surface area contributed by atoms with Crippen molar-refractivity contribution in [3.05, 3.63) is 41.2 Å². The van der Waals surface area contributed by atoms with Crippen LogP contribution in [-0.2, 0) is 13.6 Å². The number of aromatic nitrogens is 2. The number of benzene rings is 1. The van der Waals surface area contributed by atoms with Gasteiger partial charge in [0.25, 0.3) is 0 Å². The largest absolute Gasteiger partial charge is 0.310 e. The number of hydrogen-bond acceptors (Lipinski definition) is 2. The predicted molar refractivity (Wildman–Crippen MR) is 78.0 cm³/mol. The molecule has 1 aromatic heterocycles. The van der Waals surface area contributed by atoms with E-state index in [9.17, 15) is 0 Å². The van der Waals surface area contributed by atoms with Crippen LogP contribution in [0.2, 0.25) is 0 Å². The van der Waals surface area contributed by atoms with E-state index in [-0.39, 0.29) is 0 Å². The first-order valence-electron chi connectivity index (χ1n) is 6.97. The highest BCUT2D eigenvalue weighted by atomic mass is 15.2. The third-order valence-electron chi connectivity index (χ3n) is 3.78. The molecular formula is C16H21N3. The van der Waals surface area contributed by atoms with Gasteiger partial charge in [0.2, 0.25) is 0 Å². The van der Waals surface area contributed by atoms with Crippen LogP contribution in [0.25, 0.3) is 11.1 Å². The van der Waals surface area contributed by atoms with Gasteiger partial charge in [-0.05, 0) is 49.4 Å². The highest BCUT2D eigenvalue weighted by Crippen LogP contribution is 2.27. The maximum absolute atomic E-state index is 4.44. The zero-order valence-corrected chi connectivity index (χ0v) is 11.9. The summed E-state index contributed by atoms with van der Waals surface area (Å²) in [5, 5.41) is 8.01. The monoisotopic (exact) mass is 255 g/mol. The van der Waals surface area contributed by atoms with Gasteiger partial charge in [-0.2, -0.15) is 5.10 Å². The van der Waals surface area contributed by atoms with E-state index < -0.39 is 0 Å². The summed E-state index contributed by atoms with van der Waals surface area (Å²) in [6.07, 6.45) is 4.77. The summed E-state index contributed by atoms with van der Waals surface area (Å²) >= 11 is 0. The van der Waals surface area contributed by atoms with Gasteiger partial charge < -0.3 is 5.32 Å². The molecule has 19 heavy (non-hydrogen) atoms. The molecule has 1 fully saturated rings. The maximum Gasteiger partial charge on any atom is 0.0672 e. The molecule has 0 unspecified atom stereocenters. The second-order valence-corrected chi connectivity index (χ2v) is 5.61. The minimum atomic E-state index is 0.755. The summed E-state index contributed by atoms with van der Waals surface area (Å²) in [5.74, 6) is 0. The van der Waals surface area contributed by atoms with E-state index in [1.807, 2.05) is 11.7 Å². The summed E-state index contributed by atoms with van der Waals surface area (Å²) in [4.78, 5) is 0. The van der Waals surface area contributed by atoms with Crippen molar-refractivity contribution in [1.82, 2.24) is 15.1 Å². The maximum atomic E-state index is 4.44. The molecule has 3 rings (SSSR count). The molecule has 0 bridgehead atoms. The summed E-state index contributed by atoms with van der Waals surface area (Å²) in [6, 6.07) is 7.49. The van der Waals surface area contributed by atoms with E-state index in [0.717, 1.165) is 18.3 Å². The van der Waals surface area contributed by atoms with Gasteiger partial charge >= 0.3 is 0 Å². The van der Waals surface area contributed by atoms with Crippen LogP contribution in [0.1, 0.15) is 29.7 Å². The molecule has 1 aliphatic carbocycles. The Kier molecular flexibility index (Phi) is 3.15. The molecule has 0 spiro atoms. The van der Waals surface area contributed by atoms with Gasteiger partial charge in [-0.25, -0.2) is 0 Å². The van der Waals surface area contributed by atoms with Crippen LogP contribution in [0.3, 0.4) is 0 Å². The molecule has 2 aromatic rings. The summed E-state index contributed by atoms with van der Waals surface area (Å²) < 4.78 is 1.89. The first-order valence-corrected chi connectivity index (χ1v) is 6.97. The fourth-order valence-electron chi connectivity index (χ4n) is 2.48. The Morgan fingerprint density at radius 2 is 2.05 bits per heavy atom. The van der Waals surface area contributed by atoms with Crippen molar-refractivity contribution in [2.45, 2.75) is 39.3 Å². The highest BCUT2D eigenvalue weighted by molar-refractivity contribution is 5.69. The minimum Gasteiger partial charge on any atom is -0.310 e. The van der Waals surface area contributed by atoms with Crippen LogP contribution >= 0.6 is 0 Å². The normalized spacial score (nSPS) is 14.9. The van der Waals surface area contributed by atoms with Crippen molar-refractivity contribution < 1.29 is 0 Å². The first-order chi connectivity index (χ1) is 9.13. The average Bonchev–Trinajstić information content (AvgIpc) is 3.14. The van der Waals surface area contributed by atoms with Gasteiger partial charge in [-0.3, -0.25) is 4.68 Å². The lowest BCUT2D eigenvalue weighted by Gasteiger charge is -2.09. The van der Waals surface area contributed by atoms with E-state index in [1.54, 1.807) is 0 Å². The van der Waals surface area contributed by atoms with E-state index in [2.05, 4.69) is 48.7 Å². The molecule has 0 radical (unpaired) electrons. The van der Waals surface area contributed by atoms with E-state index in [4.69, 9.17) is 0 Å². The van der Waals surface area contributed by atoms with E-state index in [1.165, 1.54) is 35.1 Å². The molecule has 100 valence electrons. The third kappa shape index (κ3) is 2.71. The average molecular weight is 255 g/mol. The van der Waals surface area contributed by atoms with Crippen molar-refractivity contribution in [3.63, 3.8) is 0 Å². The fourth-order valence-corrected chi connectivity index (χ4v) is 2.48. The lowest BCUT2D eigenvalue weighted by atomic mass is 9.98. The van der Waals surface area contributed by atoms with Crippen LogP contribution in [0.5, 0.6) is 0 Å². The highest BCUT2D eigenvalue weighted by Gasteiger charge is 2.20. The number of aryl methyl sites for hydroxylation is 3. The second-order valence-electron chi connectivity index (χ2n) is 5.61. The molecule has 0 atom stereocenters. The smallest absolute Gasteiger partial charge is 0.0672 e. The molecule has 1 saturated carbocycles. The molecular weight excluding hydrogens is 234 g/mol. The Morgan fingerprint density at radius 3 is 2.68 bits per heavy atom. The van der Waals surface area contributed by atoms with Crippen molar-refractivity contribution in [3.8, 4) is 11.1 Å². The Hall–Kier alpha value is -1.61. The SMILES string of the molecule is Cc1ccc(CNC2CC2)cc1-c1cn(C)nc1C. The van der Waals surface area contributed by atoms with E-state index >= 15 is 0 Å². The van der Waals surface area contributed by atoms with Gasteiger partial charge in [-0.1, -0.05) is 12.1 Å². The van der Waals surface area contributed by atoms with Gasteiger partial charge in [-0.15, -0.1) is 0 Å². The number of nitrogens with one attached hydrogen (secondary N) is 1. The topological polar surface area (TPSA) is 29.9 Å². The lowest BCUT2D eigenvalue weighted by molar-refractivity contribution is 0.688. The quantitative estimate of drug-likeness (QED) is 0.910. The van der Waals surface area contributed by atoms with Crippen molar-refractivity contribution in [2.75, 3.05) is 0 Å². The van der Waals surface area contributed by atoms with E-state index in [0.29, 0.717) is 0 Å². The molecule has 1 heterocycles. The zero-order chi connectivity index (χ0) is 13.4. The molecule has 3 nitrogen and oxygen atoms in total. The summed E-state index contributed by atoms with van der Waals surface area (Å²) in [5.41, 5.74) is 6.31. The third-order valence-corrected chi connectivity index (χ3v) is 3.78. The van der Waals surface area contributed by atoms with Gasteiger partial charge in [0, 0.05) is 31.4 Å². The minimum absolute atomic E-state index is 0.755. The number of rotatable bonds is 4. The van der Waals surface area contributed by atoms with Crippen LogP contribution in [0.15, 0.2) is 24.4 Å². The van der Waals surface area contributed by atoms with Crippen molar-refractivity contribution in [2.24, 2.45) is 7.05 Å². The van der Waals surface area contributed by atoms with Crippen LogP contribution in [0, 0.1) is 13.8 Å². The zero-order valence-electron chi connectivity index (χ0n) is 11.9. The Morgan fingerprint density at radius 1 is 1.26 bits per heavy atom. The fraction of sp³-hybridized carbons (Fsp3) is 0.438. The predicted octanol–water partition coefficient (Wildman–Crippen LogP) is 2.96. The molecule has 1 aromatic carbocycles.